The Hall–Kier alpha value is -1.55. The first-order valence-electron chi connectivity index (χ1n) is 10.6. The van der Waals surface area contributed by atoms with Gasteiger partial charge in [-0.15, -0.1) is 0 Å². The fourth-order valence-electron chi connectivity index (χ4n) is 6.42. The molecule has 2 aliphatic carbocycles. The van der Waals surface area contributed by atoms with Crippen LogP contribution in [0.1, 0.15) is 63.7 Å². The fourth-order valence-corrected chi connectivity index (χ4v) is 6.42. The van der Waals surface area contributed by atoms with Gasteiger partial charge in [0.1, 0.15) is 11.5 Å². The molecule has 5 atom stereocenters. The van der Waals surface area contributed by atoms with Crippen LogP contribution in [0.2, 0.25) is 0 Å². The van der Waals surface area contributed by atoms with Crippen LogP contribution in [0.15, 0.2) is 18.2 Å². The van der Waals surface area contributed by atoms with E-state index in [1.54, 1.807) is 20.3 Å². The van der Waals surface area contributed by atoms with E-state index in [4.69, 9.17) is 9.47 Å². The third-order valence-electron chi connectivity index (χ3n) is 7.95. The Morgan fingerprint density at radius 1 is 1.11 bits per heavy atom. The molecule has 0 aromatic heterocycles. The average Bonchev–Trinajstić information content (AvgIpc) is 2.66. The molecule has 28 heavy (non-hydrogen) atoms. The summed E-state index contributed by atoms with van der Waals surface area (Å²) in [5, 5.41) is 10.1. The monoisotopic (exact) mass is 388 g/mol. The summed E-state index contributed by atoms with van der Waals surface area (Å²) in [5.41, 5.74) is 0.778. The summed E-state index contributed by atoms with van der Waals surface area (Å²) in [6, 6.07) is 5.45. The second kappa shape index (κ2) is 7.70. The minimum absolute atomic E-state index is 0.0553. The Kier molecular flexibility index (Phi) is 5.82. The van der Waals surface area contributed by atoms with Crippen LogP contribution in [-0.4, -0.2) is 31.7 Å². The number of ether oxygens (including phenoxy) is 2. The van der Waals surface area contributed by atoms with Gasteiger partial charge in [0.25, 0.3) is 0 Å². The van der Waals surface area contributed by atoms with E-state index in [1.165, 1.54) is 6.42 Å². The predicted molar refractivity (Wildman–Crippen MR) is 111 cm³/mol. The fraction of sp³-hybridized carbons (Fsp3) is 0.708. The minimum atomic E-state index is -0.111. The number of fused-ring (bicyclic) bond motifs is 1. The van der Waals surface area contributed by atoms with Crippen molar-refractivity contribution in [1.29, 1.82) is 0 Å². The molecule has 2 fully saturated rings. The molecule has 2 aliphatic rings. The zero-order valence-corrected chi connectivity index (χ0v) is 18.2. The zero-order chi connectivity index (χ0) is 20.7. The van der Waals surface area contributed by atoms with Gasteiger partial charge in [-0.25, -0.2) is 0 Å². The molecule has 156 valence electrons. The van der Waals surface area contributed by atoms with Crippen molar-refractivity contribution in [3.05, 3.63) is 23.8 Å². The van der Waals surface area contributed by atoms with Crippen molar-refractivity contribution in [2.24, 2.45) is 34.5 Å². The van der Waals surface area contributed by atoms with E-state index in [0.29, 0.717) is 23.0 Å². The molecule has 1 N–H and O–H groups in total. The number of rotatable bonds is 5. The van der Waals surface area contributed by atoms with Crippen molar-refractivity contribution in [1.82, 2.24) is 0 Å². The average molecular weight is 389 g/mol. The molecule has 0 amide bonds. The lowest BCUT2D eigenvalue weighted by Gasteiger charge is -2.60. The Labute approximate surface area is 169 Å². The number of hydrogen-bond acceptors (Lipinski definition) is 4. The second-order valence-electron chi connectivity index (χ2n) is 9.88. The normalized spacial score (nSPS) is 34.4. The maximum absolute atomic E-state index is 13.9. The summed E-state index contributed by atoms with van der Waals surface area (Å²) in [7, 11) is 3.21. The van der Waals surface area contributed by atoms with Crippen molar-refractivity contribution in [2.45, 2.75) is 53.4 Å². The summed E-state index contributed by atoms with van der Waals surface area (Å²) < 4.78 is 10.8. The first kappa shape index (κ1) is 21.2. The van der Waals surface area contributed by atoms with E-state index in [2.05, 4.69) is 27.7 Å². The zero-order valence-electron chi connectivity index (χ0n) is 18.2. The lowest BCUT2D eigenvalue weighted by atomic mass is 9.44. The molecule has 0 saturated heterocycles. The molecule has 1 aromatic rings. The van der Waals surface area contributed by atoms with Crippen LogP contribution in [0, 0.1) is 34.5 Å². The summed E-state index contributed by atoms with van der Waals surface area (Å²) >= 11 is 0. The van der Waals surface area contributed by atoms with E-state index < -0.39 is 0 Å². The van der Waals surface area contributed by atoms with Crippen molar-refractivity contribution < 1.29 is 19.4 Å². The SMILES string of the molecule is COc1cc(OC)cc(C(=O)[C@H]2[C@H](C)C(CO)CC3C(C)(C)CCC[C@@]32C)c1. The summed E-state index contributed by atoms with van der Waals surface area (Å²) in [6.45, 7) is 9.31. The molecule has 0 spiro atoms. The lowest BCUT2D eigenvalue weighted by molar-refractivity contribution is -0.109. The first-order chi connectivity index (χ1) is 13.2. The van der Waals surface area contributed by atoms with Crippen molar-refractivity contribution in [3.8, 4) is 11.5 Å². The summed E-state index contributed by atoms with van der Waals surface area (Å²) in [5.74, 6) is 2.06. The largest absolute Gasteiger partial charge is 0.497 e. The Morgan fingerprint density at radius 3 is 2.25 bits per heavy atom. The highest BCUT2D eigenvalue weighted by Gasteiger charge is 2.58. The quantitative estimate of drug-likeness (QED) is 0.723. The number of methoxy groups -OCH3 is 2. The number of ketones is 1. The maximum Gasteiger partial charge on any atom is 0.167 e. The Bertz CT molecular complexity index is 703. The maximum atomic E-state index is 13.9. The molecular formula is C24H36O4. The van der Waals surface area contributed by atoms with Gasteiger partial charge < -0.3 is 14.6 Å². The number of carbonyl (C=O) groups is 1. The number of aliphatic hydroxyl groups excluding tert-OH is 1. The van der Waals surface area contributed by atoms with Gasteiger partial charge in [-0.3, -0.25) is 4.79 Å². The minimum Gasteiger partial charge on any atom is -0.497 e. The molecule has 0 radical (unpaired) electrons. The van der Waals surface area contributed by atoms with Gasteiger partial charge in [-0.05, 0) is 60.0 Å². The standard InChI is InChI=1S/C24H36O4/c1-15-17(14-25)12-20-23(2,3)8-7-9-24(20,4)21(15)22(26)16-10-18(27-5)13-19(11-16)28-6/h10-11,13,15,17,20-21,25H,7-9,12,14H2,1-6H3/t15-,17?,20?,21-,24+/m1/s1. The third kappa shape index (κ3) is 3.45. The molecule has 1 aromatic carbocycles. The van der Waals surface area contributed by atoms with Crippen LogP contribution in [0.5, 0.6) is 11.5 Å². The highest BCUT2D eigenvalue weighted by molar-refractivity contribution is 5.99. The van der Waals surface area contributed by atoms with Gasteiger partial charge in [0, 0.05) is 24.2 Å². The van der Waals surface area contributed by atoms with E-state index in [0.717, 1.165) is 19.3 Å². The van der Waals surface area contributed by atoms with Crippen LogP contribution < -0.4 is 9.47 Å². The van der Waals surface area contributed by atoms with E-state index in [1.807, 2.05) is 12.1 Å². The smallest absolute Gasteiger partial charge is 0.167 e. The number of hydrogen-bond donors (Lipinski definition) is 1. The van der Waals surface area contributed by atoms with Crippen molar-refractivity contribution in [2.75, 3.05) is 20.8 Å². The van der Waals surface area contributed by atoms with Gasteiger partial charge in [-0.2, -0.15) is 0 Å². The molecule has 2 unspecified atom stereocenters. The van der Waals surface area contributed by atoms with E-state index >= 15 is 0 Å². The molecule has 4 nitrogen and oxygen atoms in total. The number of carbonyl (C=O) groups excluding carboxylic acids is 1. The molecule has 2 saturated carbocycles. The second-order valence-corrected chi connectivity index (χ2v) is 9.88. The summed E-state index contributed by atoms with van der Waals surface area (Å²) in [6.07, 6.45) is 4.42. The van der Waals surface area contributed by atoms with Crippen LogP contribution in [-0.2, 0) is 0 Å². The molecule has 0 heterocycles. The van der Waals surface area contributed by atoms with Crippen molar-refractivity contribution >= 4 is 5.78 Å². The van der Waals surface area contributed by atoms with E-state index in [9.17, 15) is 9.90 Å². The van der Waals surface area contributed by atoms with Crippen LogP contribution in [0.3, 0.4) is 0 Å². The van der Waals surface area contributed by atoms with Gasteiger partial charge in [0.2, 0.25) is 0 Å². The van der Waals surface area contributed by atoms with E-state index in [-0.39, 0.29) is 41.0 Å². The lowest BCUT2D eigenvalue weighted by Crippen LogP contribution is -2.56. The van der Waals surface area contributed by atoms with Gasteiger partial charge in [-0.1, -0.05) is 34.1 Å². The molecule has 0 bridgehead atoms. The van der Waals surface area contributed by atoms with Crippen LogP contribution in [0.25, 0.3) is 0 Å². The van der Waals surface area contributed by atoms with Gasteiger partial charge in [0.15, 0.2) is 5.78 Å². The van der Waals surface area contributed by atoms with Crippen LogP contribution >= 0.6 is 0 Å². The van der Waals surface area contributed by atoms with Crippen molar-refractivity contribution in [3.63, 3.8) is 0 Å². The topological polar surface area (TPSA) is 55.8 Å². The number of aliphatic hydroxyl groups is 1. The molecule has 4 heteroatoms. The first-order valence-corrected chi connectivity index (χ1v) is 10.6. The molecule has 3 rings (SSSR count). The van der Waals surface area contributed by atoms with Gasteiger partial charge >= 0.3 is 0 Å². The summed E-state index contributed by atoms with van der Waals surface area (Å²) in [4.78, 5) is 13.9. The van der Waals surface area contributed by atoms with Gasteiger partial charge in [0.05, 0.1) is 14.2 Å². The number of benzene rings is 1. The molecule has 0 aliphatic heterocycles. The highest BCUT2D eigenvalue weighted by atomic mass is 16.5. The van der Waals surface area contributed by atoms with Crippen LogP contribution in [0.4, 0.5) is 0 Å². The third-order valence-corrected chi connectivity index (χ3v) is 7.95. The predicted octanol–water partition coefficient (Wildman–Crippen LogP) is 4.98. The Morgan fingerprint density at radius 2 is 1.71 bits per heavy atom. The Balaban J connectivity index is 2.07. The number of Topliss-reactive ketones (excluding diaryl/α,β-unsaturated/α-hetero) is 1. The molecular weight excluding hydrogens is 352 g/mol. The highest BCUT2D eigenvalue weighted by Crippen LogP contribution is 2.62.